The maximum atomic E-state index is 12.3. The van der Waals surface area contributed by atoms with Gasteiger partial charge in [-0.15, -0.1) is 0 Å². The van der Waals surface area contributed by atoms with E-state index in [9.17, 15) is 4.79 Å². The zero-order valence-corrected chi connectivity index (χ0v) is 15.6. The average molecular weight is 383 g/mol. The Labute approximate surface area is 163 Å². The Balaban J connectivity index is 1.68. The van der Waals surface area contributed by atoms with Crippen molar-refractivity contribution in [3.05, 3.63) is 88.9 Å². The lowest BCUT2D eigenvalue weighted by atomic mass is 10.0. The monoisotopic (exact) mass is 382 g/mol. The van der Waals surface area contributed by atoms with E-state index in [0.717, 1.165) is 11.1 Å². The Morgan fingerprint density at radius 3 is 2.33 bits per heavy atom. The van der Waals surface area contributed by atoms with Gasteiger partial charge < -0.3 is 14.2 Å². The number of hydrogen-bond acceptors (Lipinski definition) is 4. The molecule has 0 aliphatic heterocycles. The van der Waals surface area contributed by atoms with Gasteiger partial charge in [-0.2, -0.15) is 0 Å². The quantitative estimate of drug-likeness (QED) is 0.429. The Morgan fingerprint density at radius 2 is 1.59 bits per heavy atom. The van der Waals surface area contributed by atoms with E-state index in [4.69, 9.17) is 25.8 Å². The van der Waals surface area contributed by atoms with Crippen molar-refractivity contribution in [2.45, 2.75) is 6.42 Å². The normalized spacial score (nSPS) is 10.3. The number of esters is 1. The molecule has 3 rings (SSSR count). The van der Waals surface area contributed by atoms with Crippen LogP contribution in [0.15, 0.2) is 72.8 Å². The molecule has 0 radical (unpaired) electrons. The van der Waals surface area contributed by atoms with Crippen LogP contribution < -0.4 is 14.2 Å². The number of carbonyl (C=O) groups excluding carboxylic acids is 1. The Bertz CT molecular complexity index is 909. The Morgan fingerprint density at radius 1 is 0.889 bits per heavy atom. The van der Waals surface area contributed by atoms with Crippen LogP contribution in [0.1, 0.15) is 11.1 Å². The minimum Gasteiger partial charge on any atom is -0.493 e. The summed E-state index contributed by atoms with van der Waals surface area (Å²) in [4.78, 5) is 12.3. The van der Waals surface area contributed by atoms with Gasteiger partial charge in [0.25, 0.3) is 0 Å². The van der Waals surface area contributed by atoms with Crippen LogP contribution in [0.5, 0.6) is 17.2 Å². The van der Waals surface area contributed by atoms with Crippen LogP contribution >= 0.6 is 11.6 Å². The van der Waals surface area contributed by atoms with Crippen LogP contribution in [-0.2, 0) is 11.2 Å². The zero-order chi connectivity index (χ0) is 19.1. The highest BCUT2D eigenvalue weighted by Gasteiger charge is 2.13. The summed E-state index contributed by atoms with van der Waals surface area (Å²) in [7, 11) is 1.55. The fourth-order valence-corrected chi connectivity index (χ4v) is 2.82. The SMILES string of the molecule is COc1ccccc1OCC(=O)Oc1ccc(Cl)cc1Cc1ccccc1. The van der Waals surface area contributed by atoms with Gasteiger partial charge >= 0.3 is 5.97 Å². The van der Waals surface area contributed by atoms with Gasteiger partial charge in [0, 0.05) is 17.0 Å². The molecule has 0 saturated heterocycles. The lowest BCUT2D eigenvalue weighted by Crippen LogP contribution is -2.18. The molecule has 3 aromatic rings. The molecule has 0 heterocycles. The van der Waals surface area contributed by atoms with Gasteiger partial charge in [-0.25, -0.2) is 4.79 Å². The minimum absolute atomic E-state index is 0.228. The summed E-state index contributed by atoms with van der Waals surface area (Å²) >= 11 is 6.12. The fourth-order valence-electron chi connectivity index (χ4n) is 2.63. The summed E-state index contributed by atoms with van der Waals surface area (Å²) in [6, 6.07) is 22.2. The molecule has 0 N–H and O–H groups in total. The average Bonchev–Trinajstić information content (AvgIpc) is 2.69. The fraction of sp³-hybridized carbons (Fsp3) is 0.136. The van der Waals surface area contributed by atoms with Crippen molar-refractivity contribution in [2.75, 3.05) is 13.7 Å². The molecule has 0 amide bonds. The summed E-state index contributed by atoms with van der Waals surface area (Å²) < 4.78 is 16.2. The number of carbonyl (C=O) groups is 1. The Kier molecular flexibility index (Phi) is 6.34. The van der Waals surface area contributed by atoms with E-state index in [1.165, 1.54) is 0 Å². The molecule has 0 spiro atoms. The van der Waals surface area contributed by atoms with Crippen molar-refractivity contribution in [1.29, 1.82) is 0 Å². The first-order chi connectivity index (χ1) is 13.2. The predicted octanol–water partition coefficient (Wildman–Crippen LogP) is 4.92. The predicted molar refractivity (Wildman–Crippen MR) is 105 cm³/mol. The van der Waals surface area contributed by atoms with E-state index in [0.29, 0.717) is 28.7 Å². The standard InChI is InChI=1S/C22H19ClO4/c1-25-20-9-5-6-10-21(20)26-15-22(24)27-19-12-11-18(23)14-17(19)13-16-7-3-2-4-8-16/h2-12,14H,13,15H2,1H3. The maximum absolute atomic E-state index is 12.3. The van der Waals surface area contributed by atoms with E-state index in [-0.39, 0.29) is 6.61 Å². The summed E-state index contributed by atoms with van der Waals surface area (Å²) in [5.41, 5.74) is 1.93. The number of hydrogen-bond donors (Lipinski definition) is 0. The van der Waals surface area contributed by atoms with Crippen LogP contribution in [-0.4, -0.2) is 19.7 Å². The largest absolute Gasteiger partial charge is 0.493 e. The van der Waals surface area contributed by atoms with Crippen molar-refractivity contribution in [3.63, 3.8) is 0 Å². The smallest absolute Gasteiger partial charge is 0.349 e. The molecule has 0 fully saturated rings. The van der Waals surface area contributed by atoms with Crippen LogP contribution in [0.3, 0.4) is 0 Å². The molecule has 0 aliphatic rings. The summed E-state index contributed by atoms with van der Waals surface area (Å²) in [6.45, 7) is -0.228. The molecule has 0 unspecified atom stereocenters. The molecule has 5 heteroatoms. The highest BCUT2D eigenvalue weighted by Crippen LogP contribution is 2.27. The van der Waals surface area contributed by atoms with E-state index in [2.05, 4.69) is 0 Å². The second kappa shape index (κ2) is 9.10. The first-order valence-corrected chi connectivity index (χ1v) is 8.82. The van der Waals surface area contributed by atoms with Crippen molar-refractivity contribution < 1.29 is 19.0 Å². The minimum atomic E-state index is -0.502. The van der Waals surface area contributed by atoms with Crippen molar-refractivity contribution in [3.8, 4) is 17.2 Å². The number of rotatable bonds is 7. The number of ether oxygens (including phenoxy) is 3. The van der Waals surface area contributed by atoms with Gasteiger partial charge in [0.15, 0.2) is 18.1 Å². The first-order valence-electron chi connectivity index (χ1n) is 8.44. The summed E-state index contributed by atoms with van der Waals surface area (Å²) in [5.74, 6) is 1.01. The molecule has 138 valence electrons. The van der Waals surface area contributed by atoms with Crippen LogP contribution in [0.25, 0.3) is 0 Å². The molecule has 3 aromatic carbocycles. The highest BCUT2D eigenvalue weighted by molar-refractivity contribution is 6.30. The lowest BCUT2D eigenvalue weighted by Gasteiger charge is -2.12. The van der Waals surface area contributed by atoms with E-state index < -0.39 is 5.97 Å². The molecule has 0 saturated carbocycles. The molecular formula is C22H19ClO4. The number of para-hydroxylation sites is 2. The van der Waals surface area contributed by atoms with E-state index in [1.54, 1.807) is 43.5 Å². The second-order valence-electron chi connectivity index (χ2n) is 5.83. The van der Waals surface area contributed by atoms with Crippen LogP contribution in [0.4, 0.5) is 0 Å². The number of halogens is 1. The Hall–Kier alpha value is -2.98. The van der Waals surface area contributed by atoms with Crippen LogP contribution in [0, 0.1) is 0 Å². The third-order valence-electron chi connectivity index (χ3n) is 3.90. The van der Waals surface area contributed by atoms with Gasteiger partial charge in [-0.3, -0.25) is 0 Å². The number of benzene rings is 3. The van der Waals surface area contributed by atoms with Gasteiger partial charge in [-0.05, 0) is 35.9 Å². The third-order valence-corrected chi connectivity index (χ3v) is 4.13. The molecule has 0 aromatic heterocycles. The van der Waals surface area contributed by atoms with Gasteiger partial charge in [0.2, 0.25) is 0 Å². The molecule has 27 heavy (non-hydrogen) atoms. The maximum Gasteiger partial charge on any atom is 0.349 e. The highest BCUT2D eigenvalue weighted by atomic mass is 35.5. The summed E-state index contributed by atoms with van der Waals surface area (Å²) in [5, 5.41) is 0.589. The first kappa shape index (κ1) is 18.8. The number of methoxy groups -OCH3 is 1. The molecule has 0 bridgehead atoms. The van der Waals surface area contributed by atoms with Crippen molar-refractivity contribution in [2.24, 2.45) is 0 Å². The van der Waals surface area contributed by atoms with Crippen molar-refractivity contribution >= 4 is 17.6 Å². The molecular weight excluding hydrogens is 364 g/mol. The molecule has 4 nitrogen and oxygen atoms in total. The topological polar surface area (TPSA) is 44.8 Å². The summed E-state index contributed by atoms with van der Waals surface area (Å²) in [6.07, 6.45) is 0.609. The second-order valence-corrected chi connectivity index (χ2v) is 6.26. The van der Waals surface area contributed by atoms with E-state index in [1.807, 2.05) is 36.4 Å². The van der Waals surface area contributed by atoms with Gasteiger partial charge in [0.05, 0.1) is 7.11 Å². The third kappa shape index (κ3) is 5.25. The van der Waals surface area contributed by atoms with E-state index >= 15 is 0 Å². The van der Waals surface area contributed by atoms with Crippen LogP contribution in [0.2, 0.25) is 5.02 Å². The van der Waals surface area contributed by atoms with Crippen molar-refractivity contribution in [1.82, 2.24) is 0 Å². The molecule has 0 aliphatic carbocycles. The zero-order valence-electron chi connectivity index (χ0n) is 14.9. The lowest BCUT2D eigenvalue weighted by molar-refractivity contribution is -0.136. The van der Waals surface area contributed by atoms with Gasteiger partial charge in [0.1, 0.15) is 5.75 Å². The molecule has 0 atom stereocenters. The van der Waals surface area contributed by atoms with Gasteiger partial charge in [-0.1, -0.05) is 54.1 Å².